The highest BCUT2D eigenvalue weighted by Gasteiger charge is 2.23. The number of aliphatic hydroxyl groups is 1. The number of nitrogens with zero attached hydrogens (tertiary/aromatic N) is 11. The number of anilines is 2. The van der Waals surface area contributed by atoms with E-state index in [9.17, 15) is 9.50 Å². The summed E-state index contributed by atoms with van der Waals surface area (Å²) in [6.45, 7) is 7.53. The van der Waals surface area contributed by atoms with E-state index in [0.717, 1.165) is 25.0 Å². The van der Waals surface area contributed by atoms with Gasteiger partial charge >= 0.3 is 0 Å². The molecule has 15 heteroatoms. The molecule has 0 saturated carbocycles. The average Bonchev–Trinajstić information content (AvgIpc) is 3.69. The van der Waals surface area contributed by atoms with Crippen LogP contribution < -0.4 is 10.6 Å². The summed E-state index contributed by atoms with van der Waals surface area (Å²) in [6, 6.07) is 3.02. The van der Waals surface area contributed by atoms with Gasteiger partial charge < -0.3 is 20.2 Å². The summed E-state index contributed by atoms with van der Waals surface area (Å²) in [6.07, 6.45) is 4.09. The molecule has 1 unspecified atom stereocenters. The first kappa shape index (κ1) is 25.2. The molecule has 0 aliphatic carbocycles. The van der Waals surface area contributed by atoms with Crippen LogP contribution >= 0.6 is 0 Å². The minimum atomic E-state index is -0.857. The third kappa shape index (κ3) is 4.38. The molecule has 0 spiro atoms. The topological polar surface area (TPSA) is 165 Å². The van der Waals surface area contributed by atoms with Crippen molar-refractivity contribution in [3.63, 3.8) is 0 Å². The van der Waals surface area contributed by atoms with Gasteiger partial charge in [-0.3, -0.25) is 9.88 Å². The average molecular weight is 559 g/mol. The molecule has 41 heavy (non-hydrogen) atoms. The zero-order chi connectivity index (χ0) is 28.2. The van der Waals surface area contributed by atoms with Crippen molar-refractivity contribution in [1.82, 2.24) is 49.2 Å². The number of aromatic nitrogens is 9. The Balaban J connectivity index is 1.06. The molecular weight excluding hydrogens is 531 g/mol. The highest BCUT2D eigenvalue weighted by molar-refractivity contribution is 5.90. The maximum Gasteiger partial charge on any atom is 0.225 e. The zero-order valence-electron chi connectivity index (χ0n) is 22.4. The molecule has 1 atom stereocenters. The van der Waals surface area contributed by atoms with Crippen molar-refractivity contribution in [2.45, 2.75) is 26.5 Å². The fourth-order valence-corrected chi connectivity index (χ4v) is 5.17. The minimum Gasteiger partial charge on any atom is -0.438 e. The molecule has 5 aromatic heterocycles. The molecule has 1 aliphatic rings. The molecule has 6 heterocycles. The van der Waals surface area contributed by atoms with Crippen LogP contribution in [0.15, 0.2) is 35.1 Å². The van der Waals surface area contributed by atoms with Gasteiger partial charge in [-0.05, 0) is 13.8 Å². The van der Waals surface area contributed by atoms with Crippen LogP contribution in [0.25, 0.3) is 39.3 Å². The first-order valence-electron chi connectivity index (χ1n) is 13.3. The fourth-order valence-electron chi connectivity index (χ4n) is 5.17. The van der Waals surface area contributed by atoms with Crippen LogP contribution in [0.1, 0.15) is 24.6 Å². The molecule has 7 rings (SSSR count). The number of nitrogen functional groups attached to an aromatic ring is 1. The van der Waals surface area contributed by atoms with Crippen LogP contribution in [0, 0.1) is 12.7 Å². The summed E-state index contributed by atoms with van der Waals surface area (Å²) in [5.74, 6) is 0.439. The lowest BCUT2D eigenvalue weighted by Gasteiger charge is -2.36. The van der Waals surface area contributed by atoms with Gasteiger partial charge in [0, 0.05) is 57.3 Å². The highest BCUT2D eigenvalue weighted by atomic mass is 19.1. The van der Waals surface area contributed by atoms with Gasteiger partial charge in [0.05, 0.1) is 29.5 Å². The number of benzene rings is 1. The number of oxazole rings is 1. The second-order valence-corrected chi connectivity index (χ2v) is 10.1. The Morgan fingerprint density at radius 2 is 1.85 bits per heavy atom. The third-order valence-electron chi connectivity index (χ3n) is 7.36. The lowest BCUT2D eigenvalue weighted by atomic mass is 10.2. The Hall–Kier alpha value is -4.76. The Morgan fingerprint density at radius 3 is 2.63 bits per heavy atom. The second kappa shape index (κ2) is 9.71. The summed E-state index contributed by atoms with van der Waals surface area (Å²) < 4.78 is 23.8. The largest absolute Gasteiger partial charge is 0.438 e. The Kier molecular flexibility index (Phi) is 5.97. The van der Waals surface area contributed by atoms with Gasteiger partial charge in [-0.15, -0.1) is 5.10 Å². The molecule has 210 valence electrons. The fraction of sp³-hybridized carbons (Fsp3) is 0.346. The molecular formula is C26H27FN12O2. The molecule has 0 radical (unpaired) electrons. The monoisotopic (exact) mass is 558 g/mol. The normalized spacial score (nSPS) is 15.5. The first-order chi connectivity index (χ1) is 19.9. The smallest absolute Gasteiger partial charge is 0.225 e. The maximum absolute atomic E-state index is 14.9. The van der Waals surface area contributed by atoms with Gasteiger partial charge in [0.2, 0.25) is 17.7 Å². The predicted molar refractivity (Wildman–Crippen MR) is 148 cm³/mol. The van der Waals surface area contributed by atoms with Crippen LogP contribution in [0.3, 0.4) is 0 Å². The van der Waals surface area contributed by atoms with E-state index in [1.54, 1.807) is 31.6 Å². The molecule has 6 aromatic rings. The van der Waals surface area contributed by atoms with Gasteiger partial charge in [-0.1, -0.05) is 0 Å². The molecule has 1 saturated heterocycles. The highest BCUT2D eigenvalue weighted by Crippen LogP contribution is 2.29. The van der Waals surface area contributed by atoms with E-state index in [2.05, 4.69) is 40.0 Å². The van der Waals surface area contributed by atoms with E-state index in [0.29, 0.717) is 64.9 Å². The number of aliphatic hydroxyl groups excluding tert-OH is 1. The van der Waals surface area contributed by atoms with Crippen molar-refractivity contribution in [3.8, 4) is 11.5 Å². The molecule has 3 N–H and O–H groups in total. The van der Waals surface area contributed by atoms with E-state index in [-0.39, 0.29) is 17.7 Å². The summed E-state index contributed by atoms with van der Waals surface area (Å²) >= 11 is 0. The summed E-state index contributed by atoms with van der Waals surface area (Å²) in [7, 11) is 0. The van der Waals surface area contributed by atoms with Crippen LogP contribution in [0.2, 0.25) is 0 Å². The quantitative estimate of drug-likeness (QED) is 0.306. The third-order valence-corrected chi connectivity index (χ3v) is 7.36. The van der Waals surface area contributed by atoms with E-state index in [1.807, 2.05) is 16.5 Å². The van der Waals surface area contributed by atoms with E-state index >= 15 is 0 Å². The minimum absolute atomic E-state index is 0.176. The molecule has 0 amide bonds. The predicted octanol–water partition coefficient (Wildman–Crippen LogP) is 1.98. The number of hydrogen-bond donors (Lipinski definition) is 2. The number of rotatable bonds is 6. The number of nitrogens with two attached hydrogens (primary N) is 1. The van der Waals surface area contributed by atoms with Gasteiger partial charge in [0.15, 0.2) is 16.9 Å². The van der Waals surface area contributed by atoms with Crippen molar-refractivity contribution >= 4 is 39.4 Å². The standard InChI is InChI=1S/C26H27FN12O2/c1-14-21(30-4-3-29-14)22-33-24-16-13-31-38(23(16)34-26(28)39(24)35-22)10-7-36-5-8-37(9-6-36)19-12-20-18(11-17(19)27)32-25(41-20)15(2)40/h3-4,11-13,15,40H,5-10H2,1-2H3,(H2,28,34). The number of hydrogen-bond acceptors (Lipinski definition) is 12. The summed E-state index contributed by atoms with van der Waals surface area (Å²) in [5, 5.41) is 19.5. The molecule has 14 nitrogen and oxygen atoms in total. The Labute approximate surface area is 232 Å². The van der Waals surface area contributed by atoms with Gasteiger partial charge in [0.1, 0.15) is 23.1 Å². The Morgan fingerprint density at radius 1 is 1.05 bits per heavy atom. The summed E-state index contributed by atoms with van der Waals surface area (Å²) in [5.41, 5.74) is 10.1. The van der Waals surface area contributed by atoms with Crippen LogP contribution in [-0.4, -0.2) is 87.0 Å². The summed E-state index contributed by atoms with van der Waals surface area (Å²) in [4.78, 5) is 26.3. The van der Waals surface area contributed by atoms with Crippen molar-refractivity contribution in [2.24, 2.45) is 0 Å². The number of aryl methyl sites for hydroxylation is 1. The first-order valence-corrected chi connectivity index (χ1v) is 13.3. The van der Waals surface area contributed by atoms with Crippen LogP contribution in [0.5, 0.6) is 0 Å². The number of fused-ring (bicyclic) bond motifs is 4. The molecule has 1 fully saturated rings. The Bertz CT molecular complexity index is 1900. The second-order valence-electron chi connectivity index (χ2n) is 10.1. The molecule has 1 aliphatic heterocycles. The van der Waals surface area contributed by atoms with E-state index in [4.69, 9.17) is 10.2 Å². The SMILES string of the molecule is Cc1nccnc1-c1nc2c3cnn(CCN4CCN(c5cc6oc(C(C)O)nc6cc5F)CC4)c3nc(N)n2n1. The van der Waals surface area contributed by atoms with Crippen molar-refractivity contribution in [2.75, 3.05) is 43.4 Å². The van der Waals surface area contributed by atoms with Crippen LogP contribution in [0.4, 0.5) is 16.0 Å². The van der Waals surface area contributed by atoms with Gasteiger partial charge in [-0.25, -0.2) is 24.0 Å². The van der Waals surface area contributed by atoms with Crippen molar-refractivity contribution < 1.29 is 13.9 Å². The van der Waals surface area contributed by atoms with Gasteiger partial charge in [0.25, 0.3) is 0 Å². The van der Waals surface area contributed by atoms with Crippen LogP contribution in [-0.2, 0) is 6.54 Å². The van der Waals surface area contributed by atoms with E-state index < -0.39 is 6.10 Å². The molecule has 1 aromatic carbocycles. The zero-order valence-corrected chi connectivity index (χ0v) is 22.4. The van der Waals surface area contributed by atoms with Gasteiger partial charge in [-0.2, -0.15) is 14.6 Å². The number of piperazine rings is 1. The lowest BCUT2D eigenvalue weighted by molar-refractivity contribution is 0.165. The number of halogens is 1. The maximum atomic E-state index is 14.9. The lowest BCUT2D eigenvalue weighted by Crippen LogP contribution is -2.47. The van der Waals surface area contributed by atoms with E-state index in [1.165, 1.54) is 10.6 Å². The molecule has 0 bridgehead atoms. The van der Waals surface area contributed by atoms with Crippen molar-refractivity contribution in [3.05, 3.63) is 48.1 Å². The van der Waals surface area contributed by atoms with Crippen molar-refractivity contribution in [1.29, 1.82) is 0 Å².